The van der Waals surface area contributed by atoms with Crippen LogP contribution in [0, 0.1) is 0 Å². The predicted molar refractivity (Wildman–Crippen MR) is 91.7 cm³/mol. The fraction of sp³-hybridized carbons (Fsp3) is 0.400. The summed E-state index contributed by atoms with van der Waals surface area (Å²) in [6, 6.07) is 18.7. The van der Waals surface area contributed by atoms with E-state index in [1.807, 2.05) is 18.2 Å². The van der Waals surface area contributed by atoms with Crippen LogP contribution in [0.2, 0.25) is 0 Å². The number of hydrogen-bond acceptors (Lipinski definition) is 2. The van der Waals surface area contributed by atoms with Gasteiger partial charge in [-0.15, -0.1) is 0 Å². The minimum atomic E-state index is -0.370. The lowest BCUT2D eigenvalue weighted by molar-refractivity contribution is 0.134. The number of benzene rings is 2. The molecule has 0 bridgehead atoms. The van der Waals surface area contributed by atoms with E-state index in [0.717, 1.165) is 18.5 Å². The molecule has 116 valence electrons. The van der Waals surface area contributed by atoms with E-state index in [9.17, 15) is 5.11 Å². The number of piperidine rings is 1. The van der Waals surface area contributed by atoms with Gasteiger partial charge in [-0.05, 0) is 55.1 Å². The van der Waals surface area contributed by atoms with Crippen LogP contribution < -0.4 is 0 Å². The van der Waals surface area contributed by atoms with Crippen molar-refractivity contribution in [3.63, 3.8) is 0 Å². The summed E-state index contributed by atoms with van der Waals surface area (Å²) in [6.45, 7) is 3.38. The average Bonchev–Trinajstić information content (AvgIpc) is 2.61. The van der Waals surface area contributed by atoms with Crippen LogP contribution >= 0.6 is 0 Å². The summed E-state index contributed by atoms with van der Waals surface area (Å²) in [4.78, 5) is 2.48. The van der Waals surface area contributed by atoms with Crippen LogP contribution in [0.4, 0.5) is 0 Å². The van der Waals surface area contributed by atoms with Crippen LogP contribution in [0.25, 0.3) is 11.1 Å². The summed E-state index contributed by atoms with van der Waals surface area (Å²) in [5.41, 5.74) is 3.40. The van der Waals surface area contributed by atoms with Crippen molar-refractivity contribution in [1.82, 2.24) is 4.90 Å². The van der Waals surface area contributed by atoms with Gasteiger partial charge in [0.2, 0.25) is 0 Å². The predicted octanol–water partition coefficient (Wildman–Crippen LogP) is 4.26. The quantitative estimate of drug-likeness (QED) is 0.890. The van der Waals surface area contributed by atoms with Gasteiger partial charge in [-0.25, -0.2) is 0 Å². The Labute approximate surface area is 133 Å². The molecule has 1 aliphatic rings. The largest absolute Gasteiger partial charge is 0.388 e. The summed E-state index contributed by atoms with van der Waals surface area (Å²) in [6.07, 6.45) is 4.42. The van der Waals surface area contributed by atoms with Crippen LogP contribution in [0.15, 0.2) is 54.6 Å². The SMILES string of the molecule is OC(CCN1CCCCC1)c1cccc(-c2ccccc2)c1. The number of rotatable bonds is 5. The van der Waals surface area contributed by atoms with Gasteiger partial charge in [-0.2, -0.15) is 0 Å². The lowest BCUT2D eigenvalue weighted by atomic mass is 9.99. The Morgan fingerprint density at radius 2 is 1.59 bits per heavy atom. The molecule has 1 N–H and O–H groups in total. The Balaban J connectivity index is 1.63. The second-order valence-corrected chi connectivity index (χ2v) is 6.20. The van der Waals surface area contributed by atoms with Gasteiger partial charge in [0, 0.05) is 6.54 Å². The molecule has 1 atom stereocenters. The molecule has 0 spiro atoms. The highest BCUT2D eigenvalue weighted by Gasteiger charge is 2.13. The molecule has 1 fully saturated rings. The van der Waals surface area contributed by atoms with Crippen LogP contribution in [-0.4, -0.2) is 29.6 Å². The molecule has 0 aliphatic carbocycles. The topological polar surface area (TPSA) is 23.5 Å². The van der Waals surface area contributed by atoms with Gasteiger partial charge in [-0.3, -0.25) is 0 Å². The first-order valence-corrected chi connectivity index (χ1v) is 8.39. The zero-order chi connectivity index (χ0) is 15.2. The summed E-state index contributed by atoms with van der Waals surface area (Å²) in [5.74, 6) is 0. The average molecular weight is 295 g/mol. The Morgan fingerprint density at radius 3 is 2.36 bits per heavy atom. The van der Waals surface area contributed by atoms with Crippen LogP contribution in [0.1, 0.15) is 37.4 Å². The van der Waals surface area contributed by atoms with E-state index in [1.165, 1.54) is 43.5 Å². The van der Waals surface area contributed by atoms with Crippen molar-refractivity contribution in [2.75, 3.05) is 19.6 Å². The molecule has 2 aromatic rings. The summed E-state index contributed by atoms with van der Waals surface area (Å²) in [5, 5.41) is 10.5. The van der Waals surface area contributed by atoms with Crippen LogP contribution in [0.3, 0.4) is 0 Å². The van der Waals surface area contributed by atoms with Gasteiger partial charge in [-0.1, -0.05) is 55.0 Å². The number of likely N-dealkylation sites (tertiary alicyclic amines) is 1. The fourth-order valence-electron chi connectivity index (χ4n) is 3.21. The first-order valence-electron chi connectivity index (χ1n) is 8.39. The molecule has 1 aliphatic heterocycles. The number of hydrogen-bond donors (Lipinski definition) is 1. The molecule has 3 rings (SSSR count). The fourth-order valence-corrected chi connectivity index (χ4v) is 3.21. The van der Waals surface area contributed by atoms with Crippen molar-refractivity contribution in [3.05, 3.63) is 60.2 Å². The smallest absolute Gasteiger partial charge is 0.0802 e. The molecule has 0 amide bonds. The van der Waals surface area contributed by atoms with Gasteiger partial charge < -0.3 is 10.0 Å². The molecule has 0 radical (unpaired) electrons. The highest BCUT2D eigenvalue weighted by atomic mass is 16.3. The van der Waals surface area contributed by atoms with Crippen LogP contribution in [0.5, 0.6) is 0 Å². The van der Waals surface area contributed by atoms with Gasteiger partial charge in [0.1, 0.15) is 0 Å². The Morgan fingerprint density at radius 1 is 0.864 bits per heavy atom. The van der Waals surface area contributed by atoms with Gasteiger partial charge in [0.15, 0.2) is 0 Å². The molecule has 2 heteroatoms. The summed E-state index contributed by atoms with van der Waals surface area (Å²) >= 11 is 0. The third kappa shape index (κ3) is 3.96. The lowest BCUT2D eigenvalue weighted by Crippen LogP contribution is -2.31. The number of aliphatic hydroxyl groups excluding tert-OH is 1. The maximum Gasteiger partial charge on any atom is 0.0802 e. The third-order valence-electron chi connectivity index (χ3n) is 4.55. The van der Waals surface area contributed by atoms with Gasteiger partial charge in [0.25, 0.3) is 0 Å². The Bertz CT molecular complexity index is 575. The van der Waals surface area contributed by atoms with Crippen molar-refractivity contribution in [2.45, 2.75) is 31.8 Å². The van der Waals surface area contributed by atoms with E-state index >= 15 is 0 Å². The van der Waals surface area contributed by atoms with Gasteiger partial charge in [0.05, 0.1) is 6.10 Å². The minimum Gasteiger partial charge on any atom is -0.388 e. The Hall–Kier alpha value is -1.64. The maximum atomic E-state index is 10.5. The number of aliphatic hydroxyl groups is 1. The zero-order valence-electron chi connectivity index (χ0n) is 13.1. The molecule has 1 heterocycles. The molecular weight excluding hydrogens is 270 g/mol. The van der Waals surface area contributed by atoms with Crippen molar-refractivity contribution in [3.8, 4) is 11.1 Å². The molecule has 22 heavy (non-hydrogen) atoms. The van der Waals surface area contributed by atoms with Crippen molar-refractivity contribution in [1.29, 1.82) is 0 Å². The molecule has 1 unspecified atom stereocenters. The Kier molecular flexibility index (Phi) is 5.25. The van der Waals surface area contributed by atoms with Crippen molar-refractivity contribution >= 4 is 0 Å². The minimum absolute atomic E-state index is 0.370. The maximum absolute atomic E-state index is 10.5. The van der Waals surface area contributed by atoms with E-state index in [0.29, 0.717) is 0 Å². The first-order chi connectivity index (χ1) is 10.8. The highest BCUT2D eigenvalue weighted by molar-refractivity contribution is 5.64. The van der Waals surface area contributed by atoms with Crippen molar-refractivity contribution < 1.29 is 5.11 Å². The summed E-state index contributed by atoms with van der Waals surface area (Å²) in [7, 11) is 0. The monoisotopic (exact) mass is 295 g/mol. The normalized spacial score (nSPS) is 17.3. The van der Waals surface area contributed by atoms with Gasteiger partial charge >= 0.3 is 0 Å². The second kappa shape index (κ2) is 7.57. The third-order valence-corrected chi connectivity index (χ3v) is 4.55. The van der Waals surface area contributed by atoms with Crippen LogP contribution in [-0.2, 0) is 0 Å². The number of nitrogens with zero attached hydrogens (tertiary/aromatic N) is 1. The zero-order valence-corrected chi connectivity index (χ0v) is 13.1. The van der Waals surface area contributed by atoms with E-state index in [4.69, 9.17) is 0 Å². The van der Waals surface area contributed by atoms with E-state index in [-0.39, 0.29) is 6.10 Å². The standard InChI is InChI=1S/C20H25NO/c22-20(12-15-21-13-5-2-6-14-21)19-11-7-10-18(16-19)17-8-3-1-4-9-17/h1,3-4,7-11,16,20,22H,2,5-6,12-15H2. The van der Waals surface area contributed by atoms with E-state index in [1.54, 1.807) is 0 Å². The molecular formula is C20H25NO. The van der Waals surface area contributed by atoms with Crippen molar-refractivity contribution in [2.24, 2.45) is 0 Å². The molecule has 0 aromatic heterocycles. The summed E-state index contributed by atoms with van der Waals surface area (Å²) < 4.78 is 0. The van der Waals surface area contributed by atoms with E-state index in [2.05, 4.69) is 41.3 Å². The molecule has 1 saturated heterocycles. The molecule has 2 aromatic carbocycles. The highest BCUT2D eigenvalue weighted by Crippen LogP contribution is 2.25. The second-order valence-electron chi connectivity index (χ2n) is 6.20. The molecule has 2 nitrogen and oxygen atoms in total. The lowest BCUT2D eigenvalue weighted by Gasteiger charge is -2.27. The molecule has 0 saturated carbocycles. The van der Waals surface area contributed by atoms with E-state index < -0.39 is 0 Å². The first kappa shape index (κ1) is 15.3.